The summed E-state index contributed by atoms with van der Waals surface area (Å²) in [5, 5.41) is 0. The van der Waals surface area contributed by atoms with E-state index in [9.17, 15) is 9.59 Å². The fraction of sp³-hybridized carbons (Fsp3) is 0.167. The summed E-state index contributed by atoms with van der Waals surface area (Å²) < 4.78 is 0. The van der Waals surface area contributed by atoms with Crippen molar-refractivity contribution in [2.24, 2.45) is 4.99 Å². The molecule has 0 aliphatic carbocycles. The van der Waals surface area contributed by atoms with Gasteiger partial charge in [0.1, 0.15) is 11.4 Å². The first-order valence-electron chi connectivity index (χ1n) is 7.22. The number of amides is 2. The number of hydrogen-bond donors (Lipinski definition) is 0. The molecular formula is C18H14N2O2. The van der Waals surface area contributed by atoms with Crippen LogP contribution in [-0.2, 0) is 11.2 Å². The van der Waals surface area contributed by atoms with E-state index in [-0.39, 0.29) is 11.8 Å². The molecule has 2 aromatic carbocycles. The molecule has 0 saturated heterocycles. The van der Waals surface area contributed by atoms with E-state index in [1.807, 2.05) is 48.5 Å². The van der Waals surface area contributed by atoms with Crippen molar-refractivity contribution in [2.75, 3.05) is 0 Å². The van der Waals surface area contributed by atoms with Gasteiger partial charge in [0.05, 0.1) is 5.56 Å². The minimum Gasteiger partial charge on any atom is -0.276 e. The van der Waals surface area contributed by atoms with Crippen LogP contribution in [0.5, 0.6) is 0 Å². The topological polar surface area (TPSA) is 49.7 Å². The summed E-state index contributed by atoms with van der Waals surface area (Å²) in [6, 6.07) is 17.0. The average molecular weight is 290 g/mol. The first kappa shape index (κ1) is 13.0. The number of aliphatic imine (C=N–C) groups is 1. The summed E-state index contributed by atoms with van der Waals surface area (Å²) in [6.07, 6.45) is 0.458. The van der Waals surface area contributed by atoms with Crippen LogP contribution in [0.1, 0.15) is 28.4 Å². The van der Waals surface area contributed by atoms with E-state index in [4.69, 9.17) is 0 Å². The SMILES string of the molecule is CC1(Cc2ccccc2)C(=O)N=C2c3ccccc3C(=O)N21. The molecule has 1 unspecified atom stereocenters. The van der Waals surface area contributed by atoms with Crippen LogP contribution in [0.15, 0.2) is 59.6 Å². The third kappa shape index (κ3) is 1.61. The van der Waals surface area contributed by atoms with Gasteiger partial charge < -0.3 is 0 Å². The maximum Gasteiger partial charge on any atom is 0.274 e. The average Bonchev–Trinajstić information content (AvgIpc) is 2.95. The highest BCUT2D eigenvalue weighted by Gasteiger charge is 2.53. The lowest BCUT2D eigenvalue weighted by atomic mass is 9.91. The number of carbonyl (C=O) groups excluding carboxylic acids is 2. The Labute approximate surface area is 128 Å². The molecular weight excluding hydrogens is 276 g/mol. The number of rotatable bonds is 2. The Bertz CT molecular complexity index is 826. The van der Waals surface area contributed by atoms with Crippen LogP contribution in [0.2, 0.25) is 0 Å². The molecule has 1 atom stereocenters. The van der Waals surface area contributed by atoms with Crippen molar-refractivity contribution in [3.05, 3.63) is 71.3 Å². The Kier molecular flexibility index (Phi) is 2.57. The third-order valence-corrected chi connectivity index (χ3v) is 4.37. The molecule has 2 heterocycles. The standard InChI is InChI=1S/C18H14N2O2/c1-18(11-12-7-3-2-4-8-12)17(22)19-15-13-9-5-6-10-14(13)16(21)20(15)18/h2-10H,11H2,1H3. The van der Waals surface area contributed by atoms with Gasteiger partial charge in [0.25, 0.3) is 11.8 Å². The van der Waals surface area contributed by atoms with Crippen LogP contribution in [0.25, 0.3) is 0 Å². The molecule has 2 aromatic rings. The fourth-order valence-corrected chi connectivity index (χ4v) is 3.23. The number of nitrogens with zero attached hydrogens (tertiary/aromatic N) is 2. The van der Waals surface area contributed by atoms with Gasteiger partial charge in [-0.05, 0) is 18.6 Å². The Morgan fingerprint density at radius 3 is 2.32 bits per heavy atom. The summed E-state index contributed by atoms with van der Waals surface area (Å²) in [5.74, 6) is 0.0943. The largest absolute Gasteiger partial charge is 0.276 e. The van der Waals surface area contributed by atoms with Gasteiger partial charge in [0, 0.05) is 12.0 Å². The molecule has 0 spiro atoms. The van der Waals surface area contributed by atoms with Crippen molar-refractivity contribution < 1.29 is 9.59 Å². The lowest BCUT2D eigenvalue weighted by Crippen LogP contribution is -2.51. The summed E-state index contributed by atoms with van der Waals surface area (Å²) in [7, 11) is 0. The predicted octanol–water partition coefficient (Wildman–Crippen LogP) is 2.43. The van der Waals surface area contributed by atoms with Crippen molar-refractivity contribution >= 4 is 17.6 Å². The van der Waals surface area contributed by atoms with Gasteiger partial charge in [-0.3, -0.25) is 14.5 Å². The molecule has 0 radical (unpaired) electrons. The second-order valence-electron chi connectivity index (χ2n) is 5.86. The monoisotopic (exact) mass is 290 g/mol. The normalized spacial score (nSPS) is 22.6. The number of hydrogen-bond acceptors (Lipinski definition) is 2. The molecule has 0 aromatic heterocycles. The molecule has 108 valence electrons. The molecule has 2 aliphatic rings. The van der Waals surface area contributed by atoms with E-state index >= 15 is 0 Å². The van der Waals surface area contributed by atoms with Gasteiger partial charge in [-0.2, -0.15) is 4.99 Å². The Hall–Kier alpha value is -2.75. The molecule has 2 aliphatic heterocycles. The Balaban J connectivity index is 1.79. The predicted molar refractivity (Wildman–Crippen MR) is 82.7 cm³/mol. The molecule has 22 heavy (non-hydrogen) atoms. The van der Waals surface area contributed by atoms with E-state index in [1.165, 1.54) is 0 Å². The van der Waals surface area contributed by atoms with Crippen LogP contribution < -0.4 is 0 Å². The zero-order chi connectivity index (χ0) is 15.3. The van der Waals surface area contributed by atoms with Gasteiger partial charge in [-0.25, -0.2) is 0 Å². The minimum absolute atomic E-state index is 0.140. The number of fused-ring (bicyclic) bond motifs is 3. The first-order chi connectivity index (χ1) is 10.6. The smallest absolute Gasteiger partial charge is 0.274 e. The van der Waals surface area contributed by atoms with Crippen LogP contribution >= 0.6 is 0 Å². The molecule has 4 nitrogen and oxygen atoms in total. The van der Waals surface area contributed by atoms with Gasteiger partial charge >= 0.3 is 0 Å². The van der Waals surface area contributed by atoms with Gasteiger partial charge in [-0.15, -0.1) is 0 Å². The van der Waals surface area contributed by atoms with E-state index in [0.717, 1.165) is 11.1 Å². The van der Waals surface area contributed by atoms with Crippen molar-refractivity contribution in [3.8, 4) is 0 Å². The second kappa shape index (κ2) is 4.37. The number of carbonyl (C=O) groups is 2. The summed E-state index contributed by atoms with van der Waals surface area (Å²) in [6.45, 7) is 1.79. The minimum atomic E-state index is -0.952. The first-order valence-corrected chi connectivity index (χ1v) is 7.22. The van der Waals surface area contributed by atoms with Crippen LogP contribution in [0.3, 0.4) is 0 Å². The highest BCUT2D eigenvalue weighted by Crippen LogP contribution is 2.37. The van der Waals surface area contributed by atoms with Gasteiger partial charge in [0.15, 0.2) is 0 Å². The zero-order valence-corrected chi connectivity index (χ0v) is 12.1. The molecule has 0 bridgehead atoms. The van der Waals surface area contributed by atoms with Crippen LogP contribution in [0, 0.1) is 0 Å². The molecule has 0 N–H and O–H groups in total. The number of amidine groups is 1. The maximum atomic E-state index is 12.7. The lowest BCUT2D eigenvalue weighted by molar-refractivity contribution is -0.124. The Morgan fingerprint density at radius 1 is 0.955 bits per heavy atom. The van der Waals surface area contributed by atoms with Gasteiger partial charge in [-0.1, -0.05) is 48.5 Å². The highest BCUT2D eigenvalue weighted by molar-refractivity contribution is 6.30. The van der Waals surface area contributed by atoms with Gasteiger partial charge in [0.2, 0.25) is 0 Å². The quantitative estimate of drug-likeness (QED) is 0.853. The molecule has 0 saturated carbocycles. The van der Waals surface area contributed by atoms with E-state index in [2.05, 4.69) is 4.99 Å². The summed E-state index contributed by atoms with van der Waals surface area (Å²) in [4.78, 5) is 30.9. The fourth-order valence-electron chi connectivity index (χ4n) is 3.23. The molecule has 0 fully saturated rings. The van der Waals surface area contributed by atoms with Crippen molar-refractivity contribution in [1.29, 1.82) is 0 Å². The Morgan fingerprint density at radius 2 is 1.59 bits per heavy atom. The van der Waals surface area contributed by atoms with Crippen molar-refractivity contribution in [1.82, 2.24) is 4.90 Å². The summed E-state index contributed by atoms with van der Waals surface area (Å²) in [5.41, 5.74) is 1.43. The van der Waals surface area contributed by atoms with E-state index < -0.39 is 5.54 Å². The lowest BCUT2D eigenvalue weighted by Gasteiger charge is -2.30. The molecule has 2 amide bonds. The van der Waals surface area contributed by atoms with Crippen molar-refractivity contribution in [2.45, 2.75) is 18.9 Å². The van der Waals surface area contributed by atoms with E-state index in [1.54, 1.807) is 17.9 Å². The third-order valence-electron chi connectivity index (χ3n) is 4.37. The second-order valence-corrected chi connectivity index (χ2v) is 5.86. The molecule has 4 heteroatoms. The molecule has 4 rings (SSSR count). The zero-order valence-electron chi connectivity index (χ0n) is 12.1. The number of benzene rings is 2. The van der Waals surface area contributed by atoms with E-state index in [0.29, 0.717) is 17.8 Å². The maximum absolute atomic E-state index is 12.7. The summed E-state index contributed by atoms with van der Waals surface area (Å²) >= 11 is 0. The highest BCUT2D eigenvalue weighted by atomic mass is 16.2. The van der Waals surface area contributed by atoms with Crippen LogP contribution in [-0.4, -0.2) is 28.1 Å². The van der Waals surface area contributed by atoms with Crippen LogP contribution in [0.4, 0.5) is 0 Å². The van der Waals surface area contributed by atoms with Crippen molar-refractivity contribution in [3.63, 3.8) is 0 Å².